The van der Waals surface area contributed by atoms with Crippen LogP contribution in [0.25, 0.3) is 33.4 Å². The molecule has 8 rings (SSSR count). The highest BCUT2D eigenvalue weighted by molar-refractivity contribution is 5.99. The molecule has 1 atom stereocenters. The third-order valence-corrected chi connectivity index (χ3v) is 10.1. The zero-order chi connectivity index (χ0) is 38.6. The van der Waals surface area contributed by atoms with Crippen molar-refractivity contribution in [3.63, 3.8) is 0 Å². The Morgan fingerprint density at radius 2 is 1.91 bits per heavy atom. The number of nitrogens with two attached hydrogens (primary N) is 2. The zero-order valence-corrected chi connectivity index (χ0v) is 31.1. The number of nitrogen functional groups attached to an aromatic ring is 2. The molecule has 1 saturated heterocycles. The summed E-state index contributed by atoms with van der Waals surface area (Å²) in [7, 11) is 1.92. The van der Waals surface area contributed by atoms with E-state index < -0.39 is 0 Å². The van der Waals surface area contributed by atoms with E-state index in [1.807, 2.05) is 28.8 Å². The van der Waals surface area contributed by atoms with Crippen LogP contribution in [0.5, 0.6) is 0 Å². The number of benzene rings is 2. The van der Waals surface area contributed by atoms with Gasteiger partial charge >= 0.3 is 0 Å². The summed E-state index contributed by atoms with van der Waals surface area (Å²) < 4.78 is 13.0. The van der Waals surface area contributed by atoms with Gasteiger partial charge in [0, 0.05) is 63.8 Å². The molecular weight excluding hydrogens is 717 g/mol. The van der Waals surface area contributed by atoms with Gasteiger partial charge < -0.3 is 46.4 Å². The predicted molar refractivity (Wildman–Crippen MR) is 210 cm³/mol. The van der Waals surface area contributed by atoms with E-state index in [0.717, 1.165) is 49.3 Å². The lowest BCUT2D eigenvalue weighted by Gasteiger charge is -2.36. The topological polar surface area (TPSA) is 233 Å². The first-order valence-electron chi connectivity index (χ1n) is 18.7. The summed E-state index contributed by atoms with van der Waals surface area (Å²) in [5.41, 5.74) is 19.1. The number of carbonyl (C=O) groups excluding carboxylic acids is 2. The number of hydrogen-bond acceptors (Lipinski definition) is 15. The van der Waals surface area contributed by atoms with Crippen LogP contribution in [0.2, 0.25) is 0 Å². The SMILES string of the molecule is CNCC1CNCCN1c1ncc(C(=O)NCCOCCC(=O)N2CCc3cc(Cn4nc(-c5ccc6oc(N)nc6c5)c5c(N)ncnc54)ccc3C2)cn1. The van der Waals surface area contributed by atoms with Crippen LogP contribution < -0.4 is 32.3 Å². The number of nitrogens with zero attached hydrogens (tertiary/aromatic N) is 9. The third kappa shape index (κ3) is 7.79. The maximum atomic E-state index is 13.1. The second-order valence-electron chi connectivity index (χ2n) is 13.9. The molecule has 4 aromatic heterocycles. The fourth-order valence-electron chi connectivity index (χ4n) is 7.31. The summed E-state index contributed by atoms with van der Waals surface area (Å²) in [6.07, 6.45) is 5.54. The van der Waals surface area contributed by atoms with Crippen LogP contribution in [0.4, 0.5) is 17.8 Å². The van der Waals surface area contributed by atoms with E-state index in [1.54, 1.807) is 18.5 Å². The number of aromatic nitrogens is 7. The molecule has 2 amide bonds. The molecule has 0 aliphatic carbocycles. The second-order valence-corrected chi connectivity index (χ2v) is 13.9. The highest BCUT2D eigenvalue weighted by Gasteiger charge is 2.25. The lowest BCUT2D eigenvalue weighted by atomic mass is 9.97. The Bertz CT molecular complexity index is 2360. The average molecular weight is 761 g/mol. The molecule has 2 aliphatic heterocycles. The first-order valence-corrected chi connectivity index (χ1v) is 18.7. The maximum Gasteiger partial charge on any atom is 0.292 e. The average Bonchev–Trinajstić information content (AvgIpc) is 3.78. The van der Waals surface area contributed by atoms with Crippen molar-refractivity contribution < 1.29 is 18.7 Å². The van der Waals surface area contributed by atoms with Crippen molar-refractivity contribution in [2.24, 2.45) is 0 Å². The van der Waals surface area contributed by atoms with Crippen molar-refractivity contribution in [2.45, 2.75) is 32.0 Å². The standard InChI is InChI=1S/C38H44N14O4/c1-41-18-28-19-42-8-11-51(28)38-44-16-27(17-45-38)36(54)43-9-13-55-12-7-31(53)50-10-6-24-14-23(2-3-26(24)21-50)20-52-35-32(34(39)46-22-47-35)33(49-52)25-4-5-30-29(15-25)48-37(40)56-30/h2-5,14-17,22,28,41-42H,6-13,18-21H2,1H3,(H2,40,48)(H,43,54)(H2,39,46,47). The fourth-order valence-corrected chi connectivity index (χ4v) is 7.31. The van der Waals surface area contributed by atoms with Gasteiger partial charge in [-0.05, 0) is 48.4 Å². The van der Waals surface area contributed by atoms with E-state index in [4.69, 9.17) is 25.7 Å². The molecule has 1 fully saturated rings. The number of fused-ring (bicyclic) bond motifs is 3. The Labute approximate surface area is 322 Å². The van der Waals surface area contributed by atoms with Gasteiger partial charge in [0.05, 0.1) is 43.2 Å². The molecule has 2 aliphatic rings. The molecule has 56 heavy (non-hydrogen) atoms. The van der Waals surface area contributed by atoms with Crippen LogP contribution in [-0.4, -0.2) is 117 Å². The normalized spacial score (nSPS) is 15.7. The van der Waals surface area contributed by atoms with Crippen LogP contribution in [0.15, 0.2) is 59.5 Å². The molecule has 6 aromatic rings. The summed E-state index contributed by atoms with van der Waals surface area (Å²) in [5.74, 6) is 0.704. The molecule has 0 bridgehead atoms. The van der Waals surface area contributed by atoms with Gasteiger partial charge in [-0.2, -0.15) is 10.1 Å². The molecule has 18 nitrogen and oxygen atoms in total. The Morgan fingerprint density at radius 3 is 2.77 bits per heavy atom. The predicted octanol–water partition coefficient (Wildman–Crippen LogP) is 1.36. The first-order chi connectivity index (χ1) is 27.3. The van der Waals surface area contributed by atoms with Crippen molar-refractivity contribution in [3.8, 4) is 11.3 Å². The summed E-state index contributed by atoms with van der Waals surface area (Å²) in [5, 5.41) is 15.0. The van der Waals surface area contributed by atoms with E-state index in [9.17, 15) is 9.59 Å². The maximum absolute atomic E-state index is 13.1. The van der Waals surface area contributed by atoms with E-state index in [1.165, 1.54) is 11.9 Å². The Hall–Kier alpha value is -6.24. The highest BCUT2D eigenvalue weighted by Crippen LogP contribution is 2.33. The largest absolute Gasteiger partial charge is 0.424 e. The molecule has 0 spiro atoms. The summed E-state index contributed by atoms with van der Waals surface area (Å²) >= 11 is 0. The number of anilines is 3. The molecule has 1 unspecified atom stereocenters. The molecule has 0 radical (unpaired) electrons. The number of carbonyl (C=O) groups is 2. The quantitative estimate of drug-likeness (QED) is 0.105. The van der Waals surface area contributed by atoms with Gasteiger partial charge in [0.15, 0.2) is 11.2 Å². The van der Waals surface area contributed by atoms with Gasteiger partial charge in [0.25, 0.3) is 11.9 Å². The van der Waals surface area contributed by atoms with Crippen LogP contribution in [0, 0.1) is 0 Å². The molecule has 2 aromatic carbocycles. The van der Waals surface area contributed by atoms with Gasteiger partial charge in [-0.15, -0.1) is 0 Å². The number of likely N-dealkylation sites (N-methyl/N-ethyl adjacent to an activating group) is 1. The van der Waals surface area contributed by atoms with Crippen LogP contribution in [-0.2, 0) is 29.0 Å². The van der Waals surface area contributed by atoms with Crippen LogP contribution in [0.3, 0.4) is 0 Å². The highest BCUT2D eigenvalue weighted by atomic mass is 16.5. The van der Waals surface area contributed by atoms with E-state index >= 15 is 0 Å². The zero-order valence-electron chi connectivity index (χ0n) is 31.1. The van der Waals surface area contributed by atoms with Crippen LogP contribution >= 0.6 is 0 Å². The lowest BCUT2D eigenvalue weighted by molar-refractivity contribution is -0.133. The van der Waals surface area contributed by atoms with Gasteiger partial charge in [-0.3, -0.25) is 9.59 Å². The number of piperazine rings is 1. The van der Waals surface area contributed by atoms with Gasteiger partial charge in [-0.25, -0.2) is 24.6 Å². The van der Waals surface area contributed by atoms with E-state index in [-0.39, 0.29) is 43.5 Å². The van der Waals surface area contributed by atoms with E-state index in [0.29, 0.717) is 71.3 Å². The fraction of sp³-hybridized carbons (Fsp3) is 0.368. The van der Waals surface area contributed by atoms with Gasteiger partial charge in [-0.1, -0.05) is 18.2 Å². The van der Waals surface area contributed by atoms with Gasteiger partial charge in [0.1, 0.15) is 23.4 Å². The lowest BCUT2D eigenvalue weighted by Crippen LogP contribution is -2.55. The smallest absolute Gasteiger partial charge is 0.292 e. The molecule has 290 valence electrons. The number of amides is 2. The van der Waals surface area contributed by atoms with Crippen LogP contribution in [0.1, 0.15) is 33.5 Å². The number of rotatable bonds is 13. The first kappa shape index (κ1) is 36.7. The summed E-state index contributed by atoms with van der Waals surface area (Å²) in [6.45, 7) is 5.78. The minimum Gasteiger partial charge on any atom is -0.424 e. The number of ether oxygens (including phenoxy) is 1. The monoisotopic (exact) mass is 760 g/mol. The Morgan fingerprint density at radius 1 is 1.04 bits per heavy atom. The molecule has 6 heterocycles. The molecular formula is C38H44N14O4. The molecule has 7 N–H and O–H groups in total. The number of oxazole rings is 1. The number of nitrogens with one attached hydrogen (secondary N) is 3. The van der Waals surface area contributed by atoms with Gasteiger partial charge in [0.2, 0.25) is 11.9 Å². The van der Waals surface area contributed by atoms with Crippen molar-refractivity contribution in [1.29, 1.82) is 0 Å². The Kier molecular flexibility index (Phi) is 10.6. The second kappa shape index (κ2) is 16.2. The summed E-state index contributed by atoms with van der Waals surface area (Å²) in [4.78, 5) is 51.7. The number of hydrogen-bond donors (Lipinski definition) is 5. The van der Waals surface area contributed by atoms with E-state index in [2.05, 4.69) is 64.0 Å². The van der Waals surface area contributed by atoms with Crippen molar-refractivity contribution in [2.75, 3.05) is 75.9 Å². The molecule has 0 saturated carbocycles. The van der Waals surface area contributed by atoms with Crippen molar-refractivity contribution >= 4 is 51.7 Å². The van der Waals surface area contributed by atoms with Crippen molar-refractivity contribution in [1.82, 2.24) is 55.6 Å². The Balaban J connectivity index is 0.809. The van der Waals surface area contributed by atoms with Crippen molar-refractivity contribution in [3.05, 3.63) is 77.4 Å². The summed E-state index contributed by atoms with van der Waals surface area (Å²) in [6, 6.07) is 12.2. The third-order valence-electron chi connectivity index (χ3n) is 10.1. The molecule has 18 heteroatoms. The minimum absolute atomic E-state index is 0.0294. The minimum atomic E-state index is -0.271.